The highest BCUT2D eigenvalue weighted by Crippen LogP contribution is 2.25. The Morgan fingerprint density at radius 2 is 1.85 bits per heavy atom. The van der Waals surface area contributed by atoms with Crippen molar-refractivity contribution in [1.29, 1.82) is 0 Å². The van der Waals surface area contributed by atoms with Gasteiger partial charge in [-0.1, -0.05) is 51.0 Å². The normalized spacial score (nSPS) is 17.9. The average Bonchev–Trinajstić information content (AvgIpc) is 2.21. The molecule has 1 atom stereocenters. The summed E-state index contributed by atoms with van der Waals surface area (Å²) in [6, 6.07) is 0. The van der Waals surface area contributed by atoms with Gasteiger partial charge in [0.2, 0.25) is 0 Å². The lowest BCUT2D eigenvalue weighted by Crippen LogP contribution is -2.00. The summed E-state index contributed by atoms with van der Waals surface area (Å²) in [5, 5.41) is 0. The van der Waals surface area contributed by atoms with E-state index in [0.717, 1.165) is 5.92 Å². The summed E-state index contributed by atoms with van der Waals surface area (Å²) in [5.74, 6) is 0.791. The van der Waals surface area contributed by atoms with Gasteiger partial charge in [0.15, 0.2) is 0 Å². The van der Waals surface area contributed by atoms with Gasteiger partial charge in [-0.05, 0) is 32.1 Å². The Morgan fingerprint density at radius 3 is 2.23 bits per heavy atom. The molecule has 0 saturated heterocycles. The Bertz CT molecular complexity index is 184. The second kappa shape index (κ2) is 6.94. The molecule has 0 heterocycles. The van der Waals surface area contributed by atoms with Crippen LogP contribution in [0.3, 0.4) is 0 Å². The third kappa shape index (κ3) is 4.31. The molecular weight excluding hydrogens is 156 g/mol. The molecule has 0 fully saturated rings. The van der Waals surface area contributed by atoms with E-state index in [9.17, 15) is 0 Å². The molecule has 13 heavy (non-hydrogen) atoms. The molecular formula is C13H24. The molecule has 1 aliphatic carbocycles. The maximum Gasteiger partial charge on any atom is -0.0231 e. The van der Waals surface area contributed by atoms with Gasteiger partial charge in [0.05, 0.1) is 0 Å². The zero-order valence-corrected chi connectivity index (χ0v) is 9.85. The van der Waals surface area contributed by atoms with Crippen molar-refractivity contribution in [2.24, 2.45) is 5.92 Å². The largest absolute Gasteiger partial charge is 0.0730 e. The quantitative estimate of drug-likeness (QED) is 0.576. The maximum absolute atomic E-state index is 2.32. The minimum absolute atomic E-state index is 0.791. The van der Waals surface area contributed by atoms with Crippen molar-refractivity contribution >= 4 is 0 Å². The van der Waals surface area contributed by atoms with Crippen molar-refractivity contribution in [2.45, 2.75) is 53.9 Å². The Morgan fingerprint density at radius 1 is 1.23 bits per heavy atom. The SMILES string of the molecule is CC.CCC(C)C1=CC=C(C)CC1. The van der Waals surface area contributed by atoms with Crippen molar-refractivity contribution < 1.29 is 0 Å². The fourth-order valence-electron chi connectivity index (χ4n) is 1.43. The molecule has 0 saturated carbocycles. The molecule has 0 aromatic rings. The summed E-state index contributed by atoms with van der Waals surface area (Å²) in [7, 11) is 0. The maximum atomic E-state index is 2.32. The molecule has 1 rings (SSSR count). The minimum atomic E-state index is 0.791. The Labute approximate surface area is 83.7 Å². The Kier molecular flexibility index (Phi) is 6.66. The molecule has 0 amide bonds. The molecule has 0 aromatic heterocycles. The highest BCUT2D eigenvalue weighted by molar-refractivity contribution is 5.23. The summed E-state index contributed by atoms with van der Waals surface area (Å²) in [6.45, 7) is 10.8. The molecule has 0 aromatic carbocycles. The van der Waals surface area contributed by atoms with Crippen LogP contribution in [0, 0.1) is 5.92 Å². The first-order chi connectivity index (χ1) is 6.24. The van der Waals surface area contributed by atoms with Crippen LogP contribution >= 0.6 is 0 Å². The standard InChI is InChI=1S/C11H18.C2H6/c1-4-10(3)11-7-5-9(2)6-8-11;1-2/h5,7,10H,4,6,8H2,1-3H3;1-2H3. The first-order valence-electron chi connectivity index (χ1n) is 5.60. The number of rotatable bonds is 2. The highest BCUT2D eigenvalue weighted by Gasteiger charge is 2.08. The predicted molar refractivity (Wildman–Crippen MR) is 61.9 cm³/mol. The Hall–Kier alpha value is -0.520. The lowest BCUT2D eigenvalue weighted by Gasteiger charge is -2.17. The van der Waals surface area contributed by atoms with Gasteiger partial charge in [-0.2, -0.15) is 0 Å². The second-order valence-corrected chi connectivity index (χ2v) is 3.56. The molecule has 0 radical (unpaired) electrons. The third-order valence-corrected chi connectivity index (χ3v) is 2.64. The van der Waals surface area contributed by atoms with E-state index in [-0.39, 0.29) is 0 Å². The summed E-state index contributed by atoms with van der Waals surface area (Å²) in [4.78, 5) is 0. The zero-order valence-electron chi connectivity index (χ0n) is 9.85. The highest BCUT2D eigenvalue weighted by atomic mass is 14.1. The first kappa shape index (κ1) is 12.5. The molecule has 1 unspecified atom stereocenters. The Balaban J connectivity index is 0.000000671. The van der Waals surface area contributed by atoms with Gasteiger partial charge in [0.1, 0.15) is 0 Å². The first-order valence-corrected chi connectivity index (χ1v) is 5.60. The zero-order chi connectivity index (χ0) is 10.3. The van der Waals surface area contributed by atoms with Gasteiger partial charge in [-0.3, -0.25) is 0 Å². The molecule has 0 heteroatoms. The summed E-state index contributed by atoms with van der Waals surface area (Å²) < 4.78 is 0. The second-order valence-electron chi connectivity index (χ2n) is 3.56. The lowest BCUT2D eigenvalue weighted by atomic mass is 9.89. The monoisotopic (exact) mass is 180 g/mol. The van der Waals surface area contributed by atoms with E-state index in [4.69, 9.17) is 0 Å². The van der Waals surface area contributed by atoms with Crippen LogP contribution in [-0.2, 0) is 0 Å². The molecule has 0 nitrogen and oxygen atoms in total. The molecule has 0 aliphatic heterocycles. The van der Waals surface area contributed by atoms with Crippen LogP contribution in [-0.4, -0.2) is 0 Å². The molecule has 0 bridgehead atoms. The van der Waals surface area contributed by atoms with Crippen LogP contribution in [0.1, 0.15) is 53.9 Å². The summed E-state index contributed by atoms with van der Waals surface area (Å²) in [5.41, 5.74) is 3.16. The van der Waals surface area contributed by atoms with Crippen LogP contribution < -0.4 is 0 Å². The fourth-order valence-corrected chi connectivity index (χ4v) is 1.43. The molecule has 0 N–H and O–H groups in total. The van der Waals surface area contributed by atoms with Crippen molar-refractivity contribution in [3.63, 3.8) is 0 Å². The van der Waals surface area contributed by atoms with Gasteiger partial charge < -0.3 is 0 Å². The van der Waals surface area contributed by atoms with E-state index in [2.05, 4.69) is 32.9 Å². The molecule has 76 valence electrons. The van der Waals surface area contributed by atoms with Crippen LogP contribution in [0.15, 0.2) is 23.3 Å². The van der Waals surface area contributed by atoms with Crippen molar-refractivity contribution in [3.8, 4) is 0 Å². The van der Waals surface area contributed by atoms with Crippen LogP contribution in [0.25, 0.3) is 0 Å². The van der Waals surface area contributed by atoms with Gasteiger partial charge >= 0.3 is 0 Å². The molecule has 0 spiro atoms. The van der Waals surface area contributed by atoms with E-state index in [1.807, 2.05) is 13.8 Å². The van der Waals surface area contributed by atoms with E-state index in [1.54, 1.807) is 5.57 Å². The number of hydrogen-bond donors (Lipinski definition) is 0. The van der Waals surface area contributed by atoms with Gasteiger partial charge in [-0.25, -0.2) is 0 Å². The van der Waals surface area contributed by atoms with Crippen molar-refractivity contribution in [1.82, 2.24) is 0 Å². The predicted octanol–water partition coefficient (Wildman–Crippen LogP) is 4.73. The average molecular weight is 180 g/mol. The van der Waals surface area contributed by atoms with Gasteiger partial charge in [-0.15, -0.1) is 0 Å². The smallest absolute Gasteiger partial charge is 0.0231 e. The van der Waals surface area contributed by atoms with Crippen LogP contribution in [0.5, 0.6) is 0 Å². The molecule has 1 aliphatic rings. The van der Waals surface area contributed by atoms with Crippen LogP contribution in [0.2, 0.25) is 0 Å². The van der Waals surface area contributed by atoms with E-state index >= 15 is 0 Å². The van der Waals surface area contributed by atoms with Crippen LogP contribution in [0.4, 0.5) is 0 Å². The third-order valence-electron chi connectivity index (χ3n) is 2.64. The van der Waals surface area contributed by atoms with Crippen molar-refractivity contribution in [2.75, 3.05) is 0 Å². The van der Waals surface area contributed by atoms with E-state index in [1.165, 1.54) is 24.8 Å². The fraction of sp³-hybridized carbons (Fsp3) is 0.692. The van der Waals surface area contributed by atoms with Gasteiger partial charge in [0.25, 0.3) is 0 Å². The van der Waals surface area contributed by atoms with Gasteiger partial charge in [0, 0.05) is 0 Å². The van der Waals surface area contributed by atoms with E-state index in [0.29, 0.717) is 0 Å². The minimum Gasteiger partial charge on any atom is -0.0730 e. The number of allylic oxidation sites excluding steroid dienone is 4. The summed E-state index contributed by atoms with van der Waals surface area (Å²) >= 11 is 0. The van der Waals surface area contributed by atoms with Crippen molar-refractivity contribution in [3.05, 3.63) is 23.3 Å². The number of hydrogen-bond acceptors (Lipinski definition) is 0. The topological polar surface area (TPSA) is 0 Å². The summed E-state index contributed by atoms with van der Waals surface area (Å²) in [6.07, 6.45) is 8.42. The lowest BCUT2D eigenvalue weighted by molar-refractivity contribution is 0.617. The van der Waals surface area contributed by atoms with E-state index < -0.39 is 0 Å².